The number of esters is 1. The third-order valence-corrected chi connectivity index (χ3v) is 8.35. The molecular weight excluding hydrogens is 482 g/mol. The first-order valence-corrected chi connectivity index (χ1v) is 13.6. The van der Waals surface area contributed by atoms with Gasteiger partial charge in [-0.25, -0.2) is 4.79 Å². The van der Waals surface area contributed by atoms with Gasteiger partial charge in [-0.2, -0.15) is 0 Å². The molecule has 4 nitrogen and oxygen atoms in total. The molecule has 1 aliphatic heterocycles. The maximum Gasteiger partial charge on any atom is 0.337 e. The number of dihydropyridines is 1. The van der Waals surface area contributed by atoms with Gasteiger partial charge in [0.2, 0.25) is 0 Å². The Balaban J connectivity index is 1.46. The van der Waals surface area contributed by atoms with Crippen LogP contribution in [0.1, 0.15) is 68.4 Å². The molecule has 1 saturated carbocycles. The molecule has 2 aliphatic carbocycles. The molecule has 0 radical (unpaired) electrons. The van der Waals surface area contributed by atoms with E-state index in [2.05, 4.69) is 29.6 Å². The number of hydrogen-bond donors (Lipinski definition) is 1. The molecule has 37 heavy (non-hydrogen) atoms. The summed E-state index contributed by atoms with van der Waals surface area (Å²) in [6, 6.07) is 22.1. The second kappa shape index (κ2) is 9.83. The van der Waals surface area contributed by atoms with Crippen molar-refractivity contribution in [3.05, 3.63) is 105 Å². The van der Waals surface area contributed by atoms with Gasteiger partial charge < -0.3 is 10.1 Å². The standard InChI is InChI=1S/C32H30ClNO3/c1-19-29(32(36)37-24-9-3-4-10-24)30(26-12-6-8-21-7-2-5-11-25(21)26)31-27(34-19)17-22(18-28(31)35)20-13-15-23(33)16-14-20/h2,5-8,11-16,22,24,30,34H,3-4,9-10,17-18H2,1H3/t22-,30-/m1/s1. The average molecular weight is 512 g/mol. The second-order valence-electron chi connectivity index (χ2n) is 10.4. The summed E-state index contributed by atoms with van der Waals surface area (Å²) in [4.78, 5) is 27.6. The van der Waals surface area contributed by atoms with Gasteiger partial charge in [0.1, 0.15) is 6.10 Å². The summed E-state index contributed by atoms with van der Waals surface area (Å²) < 4.78 is 6.02. The van der Waals surface area contributed by atoms with Crippen LogP contribution >= 0.6 is 11.6 Å². The fraction of sp³-hybridized carbons (Fsp3) is 0.312. The molecule has 1 N–H and O–H groups in total. The van der Waals surface area contributed by atoms with Crippen LogP contribution in [-0.4, -0.2) is 17.9 Å². The highest BCUT2D eigenvalue weighted by Crippen LogP contribution is 2.47. The number of carbonyl (C=O) groups is 2. The number of allylic oxidation sites excluding steroid dienone is 3. The van der Waals surface area contributed by atoms with E-state index in [1.54, 1.807) is 0 Å². The van der Waals surface area contributed by atoms with Crippen molar-refractivity contribution in [3.8, 4) is 0 Å². The van der Waals surface area contributed by atoms with Gasteiger partial charge in [0.25, 0.3) is 0 Å². The van der Waals surface area contributed by atoms with E-state index in [1.165, 1.54) is 0 Å². The Labute approximate surface area is 222 Å². The molecule has 0 amide bonds. The third kappa shape index (κ3) is 4.48. The first-order chi connectivity index (χ1) is 18.0. The largest absolute Gasteiger partial charge is 0.459 e. The van der Waals surface area contributed by atoms with Crippen LogP contribution in [0.15, 0.2) is 89.3 Å². The Morgan fingerprint density at radius 2 is 1.68 bits per heavy atom. The zero-order chi connectivity index (χ0) is 25.5. The first-order valence-electron chi connectivity index (χ1n) is 13.2. The number of ether oxygens (including phenoxy) is 1. The highest BCUT2D eigenvalue weighted by atomic mass is 35.5. The summed E-state index contributed by atoms with van der Waals surface area (Å²) in [5.41, 5.74) is 5.00. The number of fused-ring (bicyclic) bond motifs is 1. The molecule has 188 valence electrons. The number of Topliss-reactive ketones (excluding diaryl/α,β-unsaturated/α-hetero) is 1. The number of ketones is 1. The zero-order valence-electron chi connectivity index (χ0n) is 20.9. The van der Waals surface area contributed by atoms with Crippen molar-refractivity contribution in [2.75, 3.05) is 0 Å². The van der Waals surface area contributed by atoms with Gasteiger partial charge in [0, 0.05) is 34.3 Å². The second-order valence-corrected chi connectivity index (χ2v) is 10.9. The molecule has 3 aromatic rings. The number of rotatable bonds is 4. The van der Waals surface area contributed by atoms with Crippen molar-refractivity contribution in [2.45, 2.75) is 63.4 Å². The van der Waals surface area contributed by atoms with E-state index in [0.717, 1.165) is 59.0 Å². The van der Waals surface area contributed by atoms with Crippen LogP contribution in [0.25, 0.3) is 10.8 Å². The third-order valence-electron chi connectivity index (χ3n) is 8.10. The molecule has 3 aliphatic rings. The number of halogens is 1. The smallest absolute Gasteiger partial charge is 0.337 e. The fourth-order valence-corrected chi connectivity index (χ4v) is 6.44. The Morgan fingerprint density at radius 3 is 2.46 bits per heavy atom. The maximum absolute atomic E-state index is 13.9. The Hall–Kier alpha value is -3.37. The van der Waals surface area contributed by atoms with Crippen LogP contribution < -0.4 is 5.32 Å². The molecule has 0 spiro atoms. The minimum atomic E-state index is -0.463. The van der Waals surface area contributed by atoms with Crippen LogP contribution in [0, 0.1) is 0 Å². The van der Waals surface area contributed by atoms with Crippen molar-refractivity contribution in [2.24, 2.45) is 0 Å². The number of carbonyl (C=O) groups excluding carboxylic acids is 2. The van der Waals surface area contributed by atoms with Gasteiger partial charge >= 0.3 is 5.97 Å². The lowest BCUT2D eigenvalue weighted by Gasteiger charge is -2.37. The summed E-state index contributed by atoms with van der Waals surface area (Å²) in [5.74, 6) is -0.641. The Kier molecular flexibility index (Phi) is 6.37. The molecule has 2 atom stereocenters. The van der Waals surface area contributed by atoms with Crippen molar-refractivity contribution in [1.29, 1.82) is 0 Å². The molecule has 1 fully saturated rings. The Morgan fingerprint density at radius 1 is 0.946 bits per heavy atom. The zero-order valence-corrected chi connectivity index (χ0v) is 21.7. The average Bonchev–Trinajstić information content (AvgIpc) is 3.41. The van der Waals surface area contributed by atoms with Crippen molar-refractivity contribution in [1.82, 2.24) is 5.32 Å². The molecular formula is C32H30ClNO3. The molecule has 1 heterocycles. The van der Waals surface area contributed by atoms with E-state index < -0.39 is 5.92 Å². The van der Waals surface area contributed by atoms with Crippen molar-refractivity contribution >= 4 is 34.1 Å². The van der Waals surface area contributed by atoms with Gasteiger partial charge in [-0.15, -0.1) is 0 Å². The number of nitrogens with one attached hydrogen (secondary N) is 1. The van der Waals surface area contributed by atoms with E-state index in [-0.39, 0.29) is 23.8 Å². The van der Waals surface area contributed by atoms with E-state index >= 15 is 0 Å². The molecule has 0 unspecified atom stereocenters. The van der Waals surface area contributed by atoms with E-state index in [1.807, 2.05) is 49.4 Å². The molecule has 0 saturated heterocycles. The summed E-state index contributed by atoms with van der Waals surface area (Å²) in [6.45, 7) is 1.93. The van der Waals surface area contributed by atoms with Gasteiger partial charge in [0.05, 0.1) is 5.57 Å². The normalized spacial score (nSPS) is 22.3. The van der Waals surface area contributed by atoms with E-state index in [9.17, 15) is 9.59 Å². The number of hydrogen-bond acceptors (Lipinski definition) is 4. The molecule has 0 bridgehead atoms. The SMILES string of the molecule is CC1=C(C(=O)OC2CCCC2)[C@@H](c2cccc3ccccc23)C2=C(C[C@@H](c3ccc(Cl)cc3)CC2=O)N1. The lowest BCUT2D eigenvalue weighted by Crippen LogP contribution is -2.36. The van der Waals surface area contributed by atoms with Crippen LogP contribution in [0.3, 0.4) is 0 Å². The Bertz CT molecular complexity index is 1440. The van der Waals surface area contributed by atoms with Gasteiger partial charge in [0.15, 0.2) is 5.78 Å². The van der Waals surface area contributed by atoms with E-state index in [4.69, 9.17) is 16.3 Å². The van der Waals surface area contributed by atoms with Crippen LogP contribution in [0.4, 0.5) is 0 Å². The first kappa shape index (κ1) is 24.0. The highest BCUT2D eigenvalue weighted by molar-refractivity contribution is 6.30. The minimum absolute atomic E-state index is 0.0484. The molecule has 3 aromatic carbocycles. The minimum Gasteiger partial charge on any atom is -0.459 e. The van der Waals surface area contributed by atoms with Gasteiger partial charge in [-0.3, -0.25) is 4.79 Å². The van der Waals surface area contributed by atoms with Gasteiger partial charge in [-0.1, -0.05) is 66.2 Å². The monoisotopic (exact) mass is 511 g/mol. The lowest BCUT2D eigenvalue weighted by molar-refractivity contribution is -0.144. The predicted molar refractivity (Wildman–Crippen MR) is 146 cm³/mol. The predicted octanol–water partition coefficient (Wildman–Crippen LogP) is 7.34. The topological polar surface area (TPSA) is 55.4 Å². The molecule has 5 heteroatoms. The summed E-state index contributed by atoms with van der Waals surface area (Å²) in [6.07, 6.45) is 5.02. The lowest BCUT2D eigenvalue weighted by atomic mass is 9.71. The molecule has 0 aromatic heterocycles. The summed E-state index contributed by atoms with van der Waals surface area (Å²) in [7, 11) is 0. The van der Waals surface area contributed by atoms with Gasteiger partial charge in [-0.05, 0) is 79.0 Å². The summed E-state index contributed by atoms with van der Waals surface area (Å²) in [5, 5.41) is 6.30. The van der Waals surface area contributed by atoms with Crippen LogP contribution in [0.2, 0.25) is 5.02 Å². The molecule has 6 rings (SSSR count). The summed E-state index contributed by atoms with van der Waals surface area (Å²) >= 11 is 6.11. The van der Waals surface area contributed by atoms with Crippen LogP contribution in [0.5, 0.6) is 0 Å². The fourth-order valence-electron chi connectivity index (χ4n) is 6.31. The quantitative estimate of drug-likeness (QED) is 0.372. The van der Waals surface area contributed by atoms with Crippen molar-refractivity contribution in [3.63, 3.8) is 0 Å². The highest BCUT2D eigenvalue weighted by Gasteiger charge is 2.42. The van der Waals surface area contributed by atoms with E-state index in [0.29, 0.717) is 29.0 Å². The van der Waals surface area contributed by atoms with Crippen molar-refractivity contribution < 1.29 is 14.3 Å². The maximum atomic E-state index is 13.9. The van der Waals surface area contributed by atoms with Crippen LogP contribution in [-0.2, 0) is 14.3 Å². The number of benzene rings is 3.